The van der Waals surface area contributed by atoms with Gasteiger partial charge in [-0.05, 0) is 40.6 Å². The summed E-state index contributed by atoms with van der Waals surface area (Å²) >= 11 is 0. The molecule has 0 radical (unpaired) electrons. The molecule has 0 fully saturated rings. The van der Waals surface area contributed by atoms with Gasteiger partial charge in [-0.3, -0.25) is 14.9 Å². The van der Waals surface area contributed by atoms with Crippen molar-refractivity contribution in [3.05, 3.63) is 88.2 Å². The Morgan fingerprint density at radius 3 is 2.59 bits per heavy atom. The van der Waals surface area contributed by atoms with Gasteiger partial charge in [0.05, 0.1) is 11.1 Å². The molecule has 0 saturated heterocycles. The zero-order chi connectivity index (χ0) is 18.8. The molecule has 0 aliphatic carbocycles. The minimum absolute atomic E-state index is 0.00862. The van der Waals surface area contributed by atoms with Crippen LogP contribution >= 0.6 is 0 Å². The third-order valence-corrected chi connectivity index (χ3v) is 4.13. The molecule has 1 N–H and O–H groups in total. The highest BCUT2D eigenvalue weighted by atomic mass is 16.6. The van der Waals surface area contributed by atoms with Crippen molar-refractivity contribution < 1.29 is 14.1 Å². The fourth-order valence-electron chi connectivity index (χ4n) is 2.81. The average Bonchev–Trinajstić information content (AvgIpc) is 3.13. The lowest BCUT2D eigenvalue weighted by atomic mass is 10.1. The predicted molar refractivity (Wildman–Crippen MR) is 102 cm³/mol. The molecule has 1 heterocycles. The first-order chi connectivity index (χ1) is 13.1. The van der Waals surface area contributed by atoms with Gasteiger partial charge in [0.15, 0.2) is 5.76 Å². The Balaban J connectivity index is 1.52. The Morgan fingerprint density at radius 2 is 1.81 bits per heavy atom. The van der Waals surface area contributed by atoms with Gasteiger partial charge >= 0.3 is 5.91 Å². The van der Waals surface area contributed by atoms with Crippen LogP contribution in [0, 0.1) is 10.1 Å². The molecule has 1 amide bonds. The third kappa shape index (κ3) is 3.25. The zero-order valence-electron chi connectivity index (χ0n) is 14.0. The molecule has 0 aliphatic rings. The third-order valence-electron chi connectivity index (χ3n) is 4.13. The van der Waals surface area contributed by atoms with Crippen molar-refractivity contribution in [1.29, 1.82) is 0 Å². The molecular formula is C20H13N3O4. The van der Waals surface area contributed by atoms with Crippen LogP contribution < -0.4 is 5.43 Å². The number of carbonyl (C=O) groups excluding carboxylic acids is 1. The van der Waals surface area contributed by atoms with Crippen LogP contribution in [0.15, 0.2) is 76.2 Å². The summed E-state index contributed by atoms with van der Waals surface area (Å²) in [5, 5.41) is 17.4. The number of benzene rings is 3. The van der Waals surface area contributed by atoms with Crippen LogP contribution in [0.25, 0.3) is 21.7 Å². The molecule has 4 rings (SSSR count). The van der Waals surface area contributed by atoms with E-state index >= 15 is 0 Å². The molecule has 132 valence electrons. The fraction of sp³-hybridized carbons (Fsp3) is 0. The second-order valence-corrected chi connectivity index (χ2v) is 5.86. The number of nitro groups is 1. The molecule has 0 unspecified atom stereocenters. The molecule has 7 nitrogen and oxygen atoms in total. The number of hydrogen-bond donors (Lipinski definition) is 1. The summed E-state index contributed by atoms with van der Waals surface area (Å²) in [4.78, 5) is 22.4. The lowest BCUT2D eigenvalue weighted by molar-refractivity contribution is -0.384. The molecule has 7 heteroatoms. The molecular weight excluding hydrogens is 346 g/mol. The van der Waals surface area contributed by atoms with Gasteiger partial charge in [-0.1, -0.05) is 30.3 Å². The van der Waals surface area contributed by atoms with E-state index in [1.54, 1.807) is 18.2 Å². The standard InChI is InChI=1S/C20H13N3O4/c24-20(22-21-12-13-5-8-15(9-6-13)23(25)26)19-11-17-16-4-2-1-3-14(16)7-10-18(17)27-19/h1-12H,(H,22,24). The number of carbonyl (C=O) groups is 1. The molecule has 0 spiro atoms. The van der Waals surface area contributed by atoms with Crippen LogP contribution in [0.4, 0.5) is 5.69 Å². The van der Waals surface area contributed by atoms with Gasteiger partial charge in [-0.15, -0.1) is 0 Å². The van der Waals surface area contributed by atoms with Crippen LogP contribution in [-0.2, 0) is 0 Å². The maximum absolute atomic E-state index is 12.3. The SMILES string of the molecule is O=C(NN=Cc1ccc([N+](=O)[O-])cc1)c1cc2c(ccc3ccccc32)o1. The Bertz CT molecular complexity index is 1190. The van der Waals surface area contributed by atoms with Gasteiger partial charge in [0.25, 0.3) is 5.69 Å². The van der Waals surface area contributed by atoms with E-state index in [4.69, 9.17) is 4.42 Å². The summed E-state index contributed by atoms with van der Waals surface area (Å²) in [5.41, 5.74) is 3.63. The molecule has 0 saturated carbocycles. The summed E-state index contributed by atoms with van der Waals surface area (Å²) in [7, 11) is 0. The largest absolute Gasteiger partial charge is 0.451 e. The first-order valence-corrected chi connectivity index (χ1v) is 8.11. The van der Waals surface area contributed by atoms with Crippen LogP contribution in [0.3, 0.4) is 0 Å². The first kappa shape index (κ1) is 16.5. The number of rotatable bonds is 4. The van der Waals surface area contributed by atoms with Gasteiger partial charge in [-0.25, -0.2) is 5.43 Å². The molecule has 0 atom stereocenters. The van der Waals surface area contributed by atoms with Crippen molar-refractivity contribution in [2.75, 3.05) is 0 Å². The Hall–Kier alpha value is -4.00. The van der Waals surface area contributed by atoms with Crippen molar-refractivity contribution in [3.63, 3.8) is 0 Å². The summed E-state index contributed by atoms with van der Waals surface area (Å²) in [6.45, 7) is 0. The number of amides is 1. The van der Waals surface area contributed by atoms with E-state index in [0.717, 1.165) is 16.2 Å². The highest BCUT2D eigenvalue weighted by Crippen LogP contribution is 2.28. The van der Waals surface area contributed by atoms with Crippen LogP contribution in [0.1, 0.15) is 16.1 Å². The fourth-order valence-corrected chi connectivity index (χ4v) is 2.81. The minimum Gasteiger partial charge on any atom is -0.451 e. The average molecular weight is 359 g/mol. The van der Waals surface area contributed by atoms with E-state index in [-0.39, 0.29) is 11.4 Å². The van der Waals surface area contributed by atoms with E-state index in [0.29, 0.717) is 11.1 Å². The quantitative estimate of drug-likeness (QED) is 0.334. The van der Waals surface area contributed by atoms with Crippen molar-refractivity contribution in [2.24, 2.45) is 5.10 Å². The van der Waals surface area contributed by atoms with E-state index in [1.807, 2.05) is 36.4 Å². The molecule has 0 bridgehead atoms. The molecule has 0 aliphatic heterocycles. The summed E-state index contributed by atoms with van der Waals surface area (Å²) < 4.78 is 5.62. The van der Waals surface area contributed by atoms with Gasteiger partial charge in [-0.2, -0.15) is 5.10 Å². The summed E-state index contributed by atoms with van der Waals surface area (Å²) in [6, 6.07) is 19.1. The summed E-state index contributed by atoms with van der Waals surface area (Å²) in [5.74, 6) is -0.323. The lowest BCUT2D eigenvalue weighted by Crippen LogP contribution is -2.16. The number of non-ortho nitro benzene ring substituents is 1. The van der Waals surface area contributed by atoms with Gasteiger partial charge < -0.3 is 4.42 Å². The number of fused-ring (bicyclic) bond motifs is 3. The number of nitrogens with one attached hydrogen (secondary N) is 1. The summed E-state index contributed by atoms with van der Waals surface area (Å²) in [6.07, 6.45) is 1.40. The van der Waals surface area contributed by atoms with Gasteiger partial charge in [0, 0.05) is 17.5 Å². The number of nitro benzene ring substituents is 1. The zero-order valence-corrected chi connectivity index (χ0v) is 14.0. The smallest absolute Gasteiger partial charge is 0.307 e. The monoisotopic (exact) mass is 359 g/mol. The second kappa shape index (κ2) is 6.72. The van der Waals surface area contributed by atoms with Crippen molar-refractivity contribution >= 4 is 39.6 Å². The number of hydrogen-bond acceptors (Lipinski definition) is 5. The maximum Gasteiger partial charge on any atom is 0.307 e. The Morgan fingerprint density at radius 1 is 1.04 bits per heavy atom. The van der Waals surface area contributed by atoms with E-state index in [9.17, 15) is 14.9 Å². The van der Waals surface area contributed by atoms with E-state index in [1.165, 1.54) is 18.3 Å². The Kier molecular flexibility index (Phi) is 4.10. The lowest BCUT2D eigenvalue weighted by Gasteiger charge is -1.96. The molecule has 4 aromatic rings. The minimum atomic E-state index is -0.478. The normalized spacial score (nSPS) is 11.3. The number of hydrazone groups is 1. The Labute approximate surface area is 153 Å². The number of nitrogens with zero attached hydrogens (tertiary/aromatic N) is 2. The highest BCUT2D eigenvalue weighted by Gasteiger charge is 2.13. The van der Waals surface area contributed by atoms with Gasteiger partial charge in [0.1, 0.15) is 5.58 Å². The molecule has 3 aromatic carbocycles. The van der Waals surface area contributed by atoms with Crippen LogP contribution in [-0.4, -0.2) is 17.0 Å². The molecule has 1 aromatic heterocycles. The van der Waals surface area contributed by atoms with Gasteiger partial charge in [0.2, 0.25) is 0 Å². The highest BCUT2D eigenvalue weighted by molar-refractivity contribution is 6.08. The van der Waals surface area contributed by atoms with E-state index < -0.39 is 10.8 Å². The predicted octanol–water partition coefficient (Wildman–Crippen LogP) is 4.26. The molecule has 27 heavy (non-hydrogen) atoms. The first-order valence-electron chi connectivity index (χ1n) is 8.11. The number of furan rings is 1. The second-order valence-electron chi connectivity index (χ2n) is 5.86. The van der Waals surface area contributed by atoms with Crippen molar-refractivity contribution in [2.45, 2.75) is 0 Å². The maximum atomic E-state index is 12.3. The van der Waals surface area contributed by atoms with Crippen LogP contribution in [0.2, 0.25) is 0 Å². The van der Waals surface area contributed by atoms with Crippen molar-refractivity contribution in [1.82, 2.24) is 5.43 Å². The van der Waals surface area contributed by atoms with Crippen LogP contribution in [0.5, 0.6) is 0 Å². The topological polar surface area (TPSA) is 97.7 Å². The van der Waals surface area contributed by atoms with Crippen molar-refractivity contribution in [3.8, 4) is 0 Å². The van der Waals surface area contributed by atoms with E-state index in [2.05, 4.69) is 10.5 Å².